The lowest BCUT2D eigenvalue weighted by Crippen LogP contribution is -2.41. The maximum Gasteiger partial charge on any atom is 0.226 e. The molecule has 1 amide bonds. The molecule has 1 heterocycles. The minimum absolute atomic E-state index is 0.0469. The maximum atomic E-state index is 11.8. The number of rotatable bonds is 5. The number of carbonyl (C=O) groups is 1. The van der Waals surface area contributed by atoms with Crippen LogP contribution in [0.3, 0.4) is 0 Å². The van der Waals surface area contributed by atoms with E-state index in [9.17, 15) is 4.79 Å². The molecule has 0 fully saturated rings. The first-order valence-electron chi connectivity index (χ1n) is 7.48. The summed E-state index contributed by atoms with van der Waals surface area (Å²) < 4.78 is 6.06. The van der Waals surface area contributed by atoms with Gasteiger partial charge in [-0.1, -0.05) is 18.2 Å². The van der Waals surface area contributed by atoms with Crippen molar-refractivity contribution in [3.05, 3.63) is 29.3 Å². The number of para-hydroxylation sites is 1. The summed E-state index contributed by atoms with van der Waals surface area (Å²) >= 11 is 0. The quantitative estimate of drug-likeness (QED) is 0.874. The fraction of sp³-hybridized carbons (Fsp3) is 0.588. The van der Waals surface area contributed by atoms with Crippen molar-refractivity contribution < 1.29 is 9.53 Å². The van der Waals surface area contributed by atoms with E-state index in [0.717, 1.165) is 17.7 Å². The second-order valence-corrected chi connectivity index (χ2v) is 7.01. The molecule has 21 heavy (non-hydrogen) atoms. The van der Waals surface area contributed by atoms with Crippen LogP contribution in [0, 0.1) is 5.41 Å². The smallest absolute Gasteiger partial charge is 0.226 e. The maximum absolute atomic E-state index is 11.8. The van der Waals surface area contributed by atoms with Gasteiger partial charge in [-0.3, -0.25) is 4.79 Å². The first-order chi connectivity index (χ1) is 9.75. The van der Waals surface area contributed by atoms with Crippen molar-refractivity contribution in [3.8, 4) is 5.75 Å². The SMILES string of the molecule is CNC(=O)C(C)(C)CNCc1cccc2c1OC(C)(C)C2. The summed E-state index contributed by atoms with van der Waals surface area (Å²) in [6.07, 6.45) is 0.944. The fourth-order valence-electron chi connectivity index (χ4n) is 2.75. The van der Waals surface area contributed by atoms with Crippen molar-refractivity contribution in [2.45, 2.75) is 46.3 Å². The number of nitrogens with one attached hydrogen (secondary N) is 2. The van der Waals surface area contributed by atoms with Crippen molar-refractivity contribution in [1.29, 1.82) is 0 Å². The van der Waals surface area contributed by atoms with Gasteiger partial charge in [0.05, 0.1) is 5.41 Å². The van der Waals surface area contributed by atoms with E-state index in [-0.39, 0.29) is 11.5 Å². The molecule has 0 radical (unpaired) electrons. The molecule has 0 unspecified atom stereocenters. The highest BCUT2D eigenvalue weighted by Crippen LogP contribution is 2.37. The summed E-state index contributed by atoms with van der Waals surface area (Å²) in [5.74, 6) is 1.05. The van der Waals surface area contributed by atoms with Gasteiger partial charge in [0.15, 0.2) is 0 Å². The predicted molar refractivity (Wildman–Crippen MR) is 84.4 cm³/mol. The molecule has 1 aromatic rings. The van der Waals surface area contributed by atoms with Gasteiger partial charge in [-0.15, -0.1) is 0 Å². The van der Waals surface area contributed by atoms with E-state index in [1.807, 2.05) is 13.8 Å². The van der Waals surface area contributed by atoms with E-state index in [4.69, 9.17) is 4.74 Å². The number of carbonyl (C=O) groups excluding carboxylic acids is 1. The highest BCUT2D eigenvalue weighted by Gasteiger charge is 2.31. The van der Waals surface area contributed by atoms with Crippen LogP contribution in [0.4, 0.5) is 0 Å². The zero-order valence-corrected chi connectivity index (χ0v) is 13.7. The Morgan fingerprint density at radius 3 is 2.76 bits per heavy atom. The summed E-state index contributed by atoms with van der Waals surface area (Å²) in [4.78, 5) is 11.8. The van der Waals surface area contributed by atoms with Crippen molar-refractivity contribution in [3.63, 3.8) is 0 Å². The monoisotopic (exact) mass is 290 g/mol. The molecule has 2 rings (SSSR count). The number of hydrogen-bond acceptors (Lipinski definition) is 3. The normalized spacial score (nSPS) is 16.2. The molecule has 0 aromatic heterocycles. The van der Waals surface area contributed by atoms with Gasteiger partial charge in [0.2, 0.25) is 5.91 Å². The Balaban J connectivity index is 2.00. The molecule has 0 aliphatic carbocycles. The largest absolute Gasteiger partial charge is 0.487 e. The molecule has 4 nitrogen and oxygen atoms in total. The van der Waals surface area contributed by atoms with Gasteiger partial charge in [-0.05, 0) is 33.3 Å². The average molecular weight is 290 g/mol. The molecule has 2 N–H and O–H groups in total. The molecule has 0 saturated carbocycles. The van der Waals surface area contributed by atoms with Gasteiger partial charge < -0.3 is 15.4 Å². The minimum Gasteiger partial charge on any atom is -0.487 e. The van der Waals surface area contributed by atoms with Crippen LogP contribution in [0.15, 0.2) is 18.2 Å². The molecule has 1 aliphatic heterocycles. The van der Waals surface area contributed by atoms with Gasteiger partial charge >= 0.3 is 0 Å². The highest BCUT2D eigenvalue weighted by molar-refractivity contribution is 5.81. The highest BCUT2D eigenvalue weighted by atomic mass is 16.5. The Morgan fingerprint density at radius 2 is 2.10 bits per heavy atom. The third-order valence-electron chi connectivity index (χ3n) is 3.90. The second kappa shape index (κ2) is 5.68. The van der Waals surface area contributed by atoms with Crippen molar-refractivity contribution in [2.75, 3.05) is 13.6 Å². The van der Waals surface area contributed by atoms with Crippen LogP contribution < -0.4 is 15.4 Å². The Morgan fingerprint density at radius 1 is 1.38 bits per heavy atom. The van der Waals surface area contributed by atoms with Crippen molar-refractivity contribution >= 4 is 5.91 Å². The van der Waals surface area contributed by atoms with E-state index in [0.29, 0.717) is 13.1 Å². The van der Waals surface area contributed by atoms with Gasteiger partial charge in [-0.2, -0.15) is 0 Å². The lowest BCUT2D eigenvalue weighted by molar-refractivity contribution is -0.128. The number of ether oxygens (including phenoxy) is 1. The zero-order valence-electron chi connectivity index (χ0n) is 13.7. The molecule has 116 valence electrons. The van der Waals surface area contributed by atoms with Crippen LogP contribution in [-0.2, 0) is 17.8 Å². The number of fused-ring (bicyclic) bond motifs is 1. The topological polar surface area (TPSA) is 50.4 Å². The van der Waals surface area contributed by atoms with E-state index >= 15 is 0 Å². The minimum atomic E-state index is -0.424. The van der Waals surface area contributed by atoms with Crippen LogP contribution >= 0.6 is 0 Å². The molecule has 0 atom stereocenters. The molecule has 1 aliphatic rings. The van der Waals surface area contributed by atoms with Crippen LogP contribution in [0.25, 0.3) is 0 Å². The van der Waals surface area contributed by atoms with E-state index in [1.165, 1.54) is 5.56 Å². The molecule has 0 spiro atoms. The lowest BCUT2D eigenvalue weighted by atomic mass is 9.92. The number of hydrogen-bond donors (Lipinski definition) is 2. The van der Waals surface area contributed by atoms with Gasteiger partial charge in [0.1, 0.15) is 11.4 Å². The molecular weight excluding hydrogens is 264 g/mol. The number of benzene rings is 1. The fourth-order valence-corrected chi connectivity index (χ4v) is 2.75. The second-order valence-electron chi connectivity index (χ2n) is 7.01. The first kappa shape index (κ1) is 15.8. The molecule has 4 heteroatoms. The summed E-state index contributed by atoms with van der Waals surface area (Å²) in [5, 5.41) is 6.08. The summed E-state index contributed by atoms with van der Waals surface area (Å²) in [6, 6.07) is 6.28. The van der Waals surface area contributed by atoms with E-state index < -0.39 is 5.41 Å². The van der Waals surface area contributed by atoms with Crippen LogP contribution in [0.2, 0.25) is 0 Å². The zero-order chi connectivity index (χ0) is 15.7. The molecule has 0 saturated heterocycles. The standard InChI is InChI=1S/C17H26N2O2/c1-16(2,15(20)18-5)11-19-10-13-8-6-7-12-9-17(3,4)21-14(12)13/h6-8,19H,9-11H2,1-5H3,(H,18,20). The Bertz CT molecular complexity index is 536. The molecule has 0 bridgehead atoms. The summed E-state index contributed by atoms with van der Waals surface area (Å²) in [7, 11) is 1.67. The van der Waals surface area contributed by atoms with Gasteiger partial charge in [0.25, 0.3) is 0 Å². The third-order valence-corrected chi connectivity index (χ3v) is 3.90. The summed E-state index contributed by atoms with van der Waals surface area (Å²) in [6.45, 7) is 9.43. The summed E-state index contributed by atoms with van der Waals surface area (Å²) in [5.41, 5.74) is 1.88. The Hall–Kier alpha value is -1.55. The Kier molecular flexibility index (Phi) is 4.28. The molecular formula is C17H26N2O2. The first-order valence-corrected chi connectivity index (χ1v) is 7.48. The Labute approximate surface area is 127 Å². The van der Waals surface area contributed by atoms with Crippen LogP contribution in [0.1, 0.15) is 38.8 Å². The third kappa shape index (κ3) is 3.56. The average Bonchev–Trinajstić information content (AvgIpc) is 2.72. The van der Waals surface area contributed by atoms with E-state index in [2.05, 4.69) is 42.7 Å². The van der Waals surface area contributed by atoms with E-state index in [1.54, 1.807) is 7.05 Å². The van der Waals surface area contributed by atoms with Crippen molar-refractivity contribution in [1.82, 2.24) is 10.6 Å². The predicted octanol–water partition coefficient (Wildman–Crippen LogP) is 2.26. The van der Waals surface area contributed by atoms with Gasteiger partial charge in [0, 0.05) is 32.1 Å². The molecule has 1 aromatic carbocycles. The van der Waals surface area contributed by atoms with Crippen molar-refractivity contribution in [2.24, 2.45) is 5.41 Å². The lowest BCUT2D eigenvalue weighted by Gasteiger charge is -2.23. The van der Waals surface area contributed by atoms with Gasteiger partial charge in [-0.25, -0.2) is 0 Å². The van der Waals surface area contributed by atoms with Crippen LogP contribution in [-0.4, -0.2) is 25.1 Å². The van der Waals surface area contributed by atoms with Crippen LogP contribution in [0.5, 0.6) is 5.75 Å². The number of amides is 1.